The maximum absolute atomic E-state index is 12.1. The third kappa shape index (κ3) is 3.62. The summed E-state index contributed by atoms with van der Waals surface area (Å²) in [5.74, 6) is -0.104. The Bertz CT molecular complexity index is 489. The van der Waals surface area contributed by atoms with Gasteiger partial charge in [0.1, 0.15) is 5.75 Å². The summed E-state index contributed by atoms with van der Waals surface area (Å²) in [7, 11) is 2.62. The first-order chi connectivity index (χ1) is 9.08. The molecule has 2 rings (SSSR count). The Labute approximate surface area is 115 Å². The summed E-state index contributed by atoms with van der Waals surface area (Å²) in [6, 6.07) is 6.86. The SMILES string of the molecule is CC(=O)c1ccccc1OC(=O)C1CCCN(P)C1. The van der Waals surface area contributed by atoms with Crippen LogP contribution in [0.3, 0.4) is 0 Å². The van der Waals surface area contributed by atoms with Crippen LogP contribution in [0, 0.1) is 5.92 Å². The second-order valence-corrected chi connectivity index (χ2v) is 5.54. The molecule has 1 aromatic carbocycles. The molecule has 0 bridgehead atoms. The Morgan fingerprint density at radius 1 is 1.37 bits per heavy atom. The lowest BCUT2D eigenvalue weighted by atomic mass is 10.00. The number of para-hydroxylation sites is 1. The van der Waals surface area contributed by atoms with Crippen molar-refractivity contribution in [1.29, 1.82) is 0 Å². The normalized spacial score (nSPS) is 20.0. The lowest BCUT2D eigenvalue weighted by Gasteiger charge is -2.27. The summed E-state index contributed by atoms with van der Waals surface area (Å²) in [6.45, 7) is 3.14. The molecule has 19 heavy (non-hydrogen) atoms. The van der Waals surface area contributed by atoms with Crippen molar-refractivity contribution in [3.8, 4) is 5.75 Å². The van der Waals surface area contributed by atoms with Gasteiger partial charge in [0.05, 0.1) is 11.5 Å². The van der Waals surface area contributed by atoms with Gasteiger partial charge < -0.3 is 4.74 Å². The highest BCUT2D eigenvalue weighted by Crippen LogP contribution is 2.24. The zero-order chi connectivity index (χ0) is 13.8. The molecule has 2 unspecified atom stereocenters. The lowest BCUT2D eigenvalue weighted by Crippen LogP contribution is -2.35. The Balaban J connectivity index is 2.08. The van der Waals surface area contributed by atoms with Crippen LogP contribution in [0.25, 0.3) is 0 Å². The van der Waals surface area contributed by atoms with Crippen molar-refractivity contribution in [2.24, 2.45) is 5.92 Å². The molecule has 102 valence electrons. The zero-order valence-electron chi connectivity index (χ0n) is 11.0. The molecule has 0 aliphatic carbocycles. The second kappa shape index (κ2) is 6.27. The predicted molar refractivity (Wildman–Crippen MR) is 76.1 cm³/mol. The van der Waals surface area contributed by atoms with Gasteiger partial charge in [-0.05, 0) is 31.9 Å². The van der Waals surface area contributed by atoms with E-state index >= 15 is 0 Å². The van der Waals surface area contributed by atoms with Gasteiger partial charge in [0.2, 0.25) is 0 Å². The van der Waals surface area contributed by atoms with Crippen molar-refractivity contribution in [1.82, 2.24) is 4.67 Å². The fourth-order valence-electron chi connectivity index (χ4n) is 2.24. The molecular weight excluding hydrogens is 261 g/mol. The van der Waals surface area contributed by atoms with Crippen LogP contribution < -0.4 is 4.74 Å². The van der Waals surface area contributed by atoms with E-state index < -0.39 is 0 Å². The first-order valence-electron chi connectivity index (χ1n) is 6.39. The van der Waals surface area contributed by atoms with Crippen LogP contribution in [-0.2, 0) is 4.79 Å². The Morgan fingerprint density at radius 3 is 2.79 bits per heavy atom. The van der Waals surface area contributed by atoms with E-state index in [-0.39, 0.29) is 17.7 Å². The van der Waals surface area contributed by atoms with Crippen molar-refractivity contribution < 1.29 is 14.3 Å². The monoisotopic (exact) mass is 279 g/mol. The van der Waals surface area contributed by atoms with Gasteiger partial charge in [-0.1, -0.05) is 21.5 Å². The van der Waals surface area contributed by atoms with E-state index in [4.69, 9.17) is 4.74 Å². The molecule has 0 aromatic heterocycles. The standard InChI is InChI=1S/C14H18NO3P/c1-10(16)12-6-2-3-7-13(12)18-14(17)11-5-4-8-15(19)9-11/h2-3,6-7,11H,4-5,8-9,19H2,1H3. The number of nitrogens with zero attached hydrogens (tertiary/aromatic N) is 1. The maximum atomic E-state index is 12.1. The number of piperidine rings is 1. The minimum atomic E-state index is -0.249. The molecule has 0 amide bonds. The zero-order valence-corrected chi connectivity index (χ0v) is 12.1. The van der Waals surface area contributed by atoms with Crippen LogP contribution in [0.1, 0.15) is 30.1 Å². The molecule has 1 aliphatic rings. The average Bonchev–Trinajstić information content (AvgIpc) is 2.39. The Hall–Kier alpha value is -1.25. The summed E-state index contributed by atoms with van der Waals surface area (Å²) >= 11 is 0. The fraction of sp³-hybridized carbons (Fsp3) is 0.429. The molecule has 0 saturated carbocycles. The van der Waals surface area contributed by atoms with Gasteiger partial charge >= 0.3 is 5.97 Å². The van der Waals surface area contributed by atoms with Gasteiger partial charge in [0.25, 0.3) is 0 Å². The summed E-state index contributed by atoms with van der Waals surface area (Å²) in [4.78, 5) is 23.6. The molecule has 0 N–H and O–H groups in total. The molecule has 2 atom stereocenters. The molecular formula is C14H18NO3P. The van der Waals surface area contributed by atoms with Crippen molar-refractivity contribution >= 4 is 21.1 Å². The minimum absolute atomic E-state index is 0.0975. The third-order valence-corrected chi connectivity index (χ3v) is 3.73. The second-order valence-electron chi connectivity index (χ2n) is 4.81. The molecule has 1 saturated heterocycles. The summed E-state index contributed by atoms with van der Waals surface area (Å²) in [5, 5.41) is 0. The van der Waals surface area contributed by atoms with E-state index in [0.29, 0.717) is 17.9 Å². The summed E-state index contributed by atoms with van der Waals surface area (Å²) < 4.78 is 7.45. The summed E-state index contributed by atoms with van der Waals surface area (Å²) in [6.07, 6.45) is 1.82. The number of Topliss-reactive ketones (excluding diaryl/α,β-unsaturated/α-hetero) is 1. The van der Waals surface area contributed by atoms with Gasteiger partial charge in [-0.2, -0.15) is 0 Å². The highest BCUT2D eigenvalue weighted by Gasteiger charge is 2.26. The average molecular weight is 279 g/mol. The van der Waals surface area contributed by atoms with E-state index in [1.165, 1.54) is 6.92 Å². The van der Waals surface area contributed by atoms with Crippen molar-refractivity contribution in [2.75, 3.05) is 13.1 Å². The van der Waals surface area contributed by atoms with Crippen molar-refractivity contribution in [2.45, 2.75) is 19.8 Å². The first kappa shape index (κ1) is 14.2. The number of carbonyl (C=O) groups is 2. The molecule has 1 fully saturated rings. The predicted octanol–water partition coefficient (Wildman–Crippen LogP) is 2.30. The number of ketones is 1. The van der Waals surface area contributed by atoms with Crippen LogP contribution in [0.15, 0.2) is 24.3 Å². The smallest absolute Gasteiger partial charge is 0.315 e. The van der Waals surface area contributed by atoms with Crippen LogP contribution in [0.5, 0.6) is 5.75 Å². The quantitative estimate of drug-likeness (QED) is 0.368. The number of esters is 1. The number of hydrogen-bond acceptors (Lipinski definition) is 4. The molecule has 0 radical (unpaired) electrons. The fourth-order valence-corrected chi connectivity index (χ4v) is 2.67. The Kier molecular flexibility index (Phi) is 4.67. The Morgan fingerprint density at radius 2 is 2.11 bits per heavy atom. The first-order valence-corrected chi connectivity index (χ1v) is 6.91. The molecule has 1 heterocycles. The number of ether oxygens (including phenoxy) is 1. The van der Waals surface area contributed by atoms with Crippen LogP contribution in [0.2, 0.25) is 0 Å². The van der Waals surface area contributed by atoms with Gasteiger partial charge in [-0.25, -0.2) is 0 Å². The number of rotatable bonds is 3. The van der Waals surface area contributed by atoms with Gasteiger partial charge in [0.15, 0.2) is 5.78 Å². The molecule has 1 aromatic rings. The molecule has 1 aliphatic heterocycles. The summed E-state index contributed by atoms with van der Waals surface area (Å²) in [5.41, 5.74) is 0.453. The largest absolute Gasteiger partial charge is 0.426 e. The van der Waals surface area contributed by atoms with E-state index in [2.05, 4.69) is 9.39 Å². The third-order valence-electron chi connectivity index (χ3n) is 3.26. The highest BCUT2D eigenvalue weighted by atomic mass is 31.0. The van der Waals surface area contributed by atoms with E-state index in [0.717, 1.165) is 19.4 Å². The number of hydrogen-bond donors (Lipinski definition) is 0. The van der Waals surface area contributed by atoms with E-state index in [9.17, 15) is 9.59 Å². The lowest BCUT2D eigenvalue weighted by molar-refractivity contribution is -0.140. The van der Waals surface area contributed by atoms with Gasteiger partial charge in [-0.15, -0.1) is 0 Å². The van der Waals surface area contributed by atoms with E-state index in [1.807, 2.05) is 4.67 Å². The highest BCUT2D eigenvalue weighted by molar-refractivity contribution is 7.13. The maximum Gasteiger partial charge on any atom is 0.315 e. The van der Waals surface area contributed by atoms with Crippen LogP contribution >= 0.6 is 9.39 Å². The van der Waals surface area contributed by atoms with Gasteiger partial charge in [0, 0.05) is 13.1 Å². The van der Waals surface area contributed by atoms with E-state index in [1.54, 1.807) is 24.3 Å². The minimum Gasteiger partial charge on any atom is -0.426 e. The number of benzene rings is 1. The van der Waals surface area contributed by atoms with Crippen LogP contribution in [-0.4, -0.2) is 29.5 Å². The molecule has 4 nitrogen and oxygen atoms in total. The molecule has 5 heteroatoms. The topological polar surface area (TPSA) is 46.6 Å². The van der Waals surface area contributed by atoms with Crippen molar-refractivity contribution in [3.63, 3.8) is 0 Å². The number of carbonyl (C=O) groups excluding carboxylic acids is 2. The van der Waals surface area contributed by atoms with Gasteiger partial charge in [-0.3, -0.25) is 14.3 Å². The molecule has 0 spiro atoms. The van der Waals surface area contributed by atoms with Crippen molar-refractivity contribution in [3.05, 3.63) is 29.8 Å². The van der Waals surface area contributed by atoms with Crippen LogP contribution in [0.4, 0.5) is 0 Å².